The molecule has 0 aliphatic heterocycles. The molecule has 3 nitrogen and oxygen atoms in total. The summed E-state index contributed by atoms with van der Waals surface area (Å²) in [6.45, 7) is 2.44. The minimum absolute atomic E-state index is 0.131. The van der Waals surface area contributed by atoms with E-state index in [0.29, 0.717) is 28.1 Å². The molecule has 116 valence electrons. The van der Waals surface area contributed by atoms with Crippen LogP contribution in [0.15, 0.2) is 47.4 Å². The van der Waals surface area contributed by atoms with Crippen LogP contribution in [0.3, 0.4) is 0 Å². The fourth-order valence-corrected chi connectivity index (χ4v) is 3.06. The van der Waals surface area contributed by atoms with Crippen molar-refractivity contribution in [1.82, 2.24) is 0 Å². The van der Waals surface area contributed by atoms with E-state index in [2.05, 4.69) is 5.32 Å². The lowest BCUT2D eigenvalue weighted by Crippen LogP contribution is -2.14. The lowest BCUT2D eigenvalue weighted by atomic mass is 10.3. The number of hydrogen-bond donors (Lipinski definition) is 1. The minimum atomic E-state index is -0.131. The van der Waals surface area contributed by atoms with Crippen LogP contribution in [0.5, 0.6) is 5.75 Å². The molecule has 6 heteroatoms. The molecule has 0 aliphatic rings. The second-order valence-corrected chi connectivity index (χ2v) is 6.20. The molecular weight excluding hydrogens is 341 g/mol. The lowest BCUT2D eigenvalue weighted by Gasteiger charge is -2.11. The maximum absolute atomic E-state index is 12.1. The maximum Gasteiger partial charge on any atom is 0.234 e. The van der Waals surface area contributed by atoms with Crippen molar-refractivity contribution in [3.8, 4) is 5.75 Å². The van der Waals surface area contributed by atoms with E-state index < -0.39 is 0 Å². The molecule has 2 aromatic carbocycles. The number of amides is 1. The Morgan fingerprint density at radius 1 is 1.23 bits per heavy atom. The number of benzene rings is 2. The van der Waals surface area contributed by atoms with Gasteiger partial charge in [0.25, 0.3) is 0 Å². The van der Waals surface area contributed by atoms with Gasteiger partial charge in [0.1, 0.15) is 5.75 Å². The van der Waals surface area contributed by atoms with Crippen molar-refractivity contribution in [1.29, 1.82) is 0 Å². The Kier molecular flexibility index (Phi) is 6.43. The Hall–Kier alpha value is -1.36. The van der Waals surface area contributed by atoms with Crippen LogP contribution in [0, 0.1) is 0 Å². The number of carbonyl (C=O) groups excluding carboxylic acids is 1. The number of carbonyl (C=O) groups is 1. The van der Waals surface area contributed by atoms with Gasteiger partial charge in [0.05, 0.1) is 23.1 Å². The number of hydrogen-bond acceptors (Lipinski definition) is 3. The number of halogens is 2. The Bertz CT molecular complexity index is 664. The van der Waals surface area contributed by atoms with E-state index in [-0.39, 0.29) is 11.7 Å². The third-order valence-corrected chi connectivity index (χ3v) is 4.45. The third-order valence-electron chi connectivity index (χ3n) is 2.71. The Labute approximate surface area is 144 Å². The van der Waals surface area contributed by atoms with Gasteiger partial charge in [-0.1, -0.05) is 35.3 Å². The van der Waals surface area contributed by atoms with Gasteiger partial charge in [0.2, 0.25) is 5.91 Å². The molecule has 1 amide bonds. The second-order valence-electron chi connectivity index (χ2n) is 4.34. The molecule has 0 saturated carbocycles. The van der Waals surface area contributed by atoms with Gasteiger partial charge >= 0.3 is 0 Å². The van der Waals surface area contributed by atoms with Crippen molar-refractivity contribution in [2.24, 2.45) is 0 Å². The first kappa shape index (κ1) is 17.0. The maximum atomic E-state index is 12.1. The first-order chi connectivity index (χ1) is 10.6. The molecule has 0 atom stereocenters. The van der Waals surface area contributed by atoms with E-state index in [0.717, 1.165) is 4.90 Å². The summed E-state index contributed by atoms with van der Waals surface area (Å²) in [5, 5.41) is 4.01. The van der Waals surface area contributed by atoms with Gasteiger partial charge in [-0.05, 0) is 37.3 Å². The molecule has 0 radical (unpaired) electrons. The van der Waals surface area contributed by atoms with E-state index in [4.69, 9.17) is 27.9 Å². The van der Waals surface area contributed by atoms with Crippen molar-refractivity contribution in [2.45, 2.75) is 11.8 Å². The zero-order valence-corrected chi connectivity index (χ0v) is 14.3. The van der Waals surface area contributed by atoms with Gasteiger partial charge in [0, 0.05) is 9.92 Å². The summed E-state index contributed by atoms with van der Waals surface area (Å²) < 4.78 is 5.48. The van der Waals surface area contributed by atoms with Crippen molar-refractivity contribution >= 4 is 46.6 Å². The van der Waals surface area contributed by atoms with E-state index in [1.54, 1.807) is 24.3 Å². The fourth-order valence-electron chi connectivity index (χ4n) is 1.77. The summed E-state index contributed by atoms with van der Waals surface area (Å²) in [4.78, 5) is 12.9. The number of nitrogens with one attached hydrogen (secondary N) is 1. The Balaban J connectivity index is 1.97. The predicted octanol–water partition coefficient (Wildman–Crippen LogP) is 5.12. The van der Waals surface area contributed by atoms with Crippen LogP contribution in [-0.4, -0.2) is 18.3 Å². The zero-order chi connectivity index (χ0) is 15.9. The van der Waals surface area contributed by atoms with E-state index >= 15 is 0 Å². The van der Waals surface area contributed by atoms with Crippen LogP contribution < -0.4 is 10.1 Å². The molecule has 2 rings (SSSR count). The van der Waals surface area contributed by atoms with Crippen molar-refractivity contribution in [3.63, 3.8) is 0 Å². The summed E-state index contributed by atoms with van der Waals surface area (Å²) in [7, 11) is 0. The zero-order valence-electron chi connectivity index (χ0n) is 11.9. The average Bonchev–Trinajstić information content (AvgIpc) is 2.50. The van der Waals surface area contributed by atoms with Gasteiger partial charge in [-0.15, -0.1) is 11.8 Å². The highest BCUT2D eigenvalue weighted by Gasteiger charge is 2.09. The summed E-state index contributed by atoms with van der Waals surface area (Å²) in [5.41, 5.74) is 0.659. The van der Waals surface area contributed by atoms with Gasteiger partial charge in [-0.2, -0.15) is 0 Å². The van der Waals surface area contributed by atoms with Crippen LogP contribution in [0.1, 0.15) is 6.92 Å². The number of para-hydroxylation sites is 2. The first-order valence-electron chi connectivity index (χ1n) is 6.69. The number of thioether (sulfide) groups is 1. The summed E-state index contributed by atoms with van der Waals surface area (Å²) in [6, 6.07) is 12.5. The topological polar surface area (TPSA) is 38.3 Å². The third kappa shape index (κ3) is 4.83. The molecule has 0 bridgehead atoms. The second kappa shape index (κ2) is 8.32. The average molecular weight is 356 g/mol. The van der Waals surface area contributed by atoms with Gasteiger partial charge in [0.15, 0.2) is 0 Å². The Morgan fingerprint density at radius 3 is 2.77 bits per heavy atom. The van der Waals surface area contributed by atoms with Gasteiger partial charge < -0.3 is 10.1 Å². The van der Waals surface area contributed by atoms with Crippen molar-refractivity contribution < 1.29 is 9.53 Å². The standard InChI is InChI=1S/C16H15Cl2NO2S/c1-2-21-14-6-4-3-5-13(14)19-16(20)10-22-15-9-11(17)7-8-12(15)18/h3-9H,2,10H2,1H3,(H,19,20). The molecule has 0 fully saturated rings. The largest absolute Gasteiger partial charge is 0.492 e. The fraction of sp³-hybridized carbons (Fsp3) is 0.188. The van der Waals surface area contributed by atoms with E-state index in [1.807, 2.05) is 25.1 Å². The Morgan fingerprint density at radius 2 is 2.00 bits per heavy atom. The van der Waals surface area contributed by atoms with Gasteiger partial charge in [-0.3, -0.25) is 4.79 Å². The van der Waals surface area contributed by atoms with Crippen molar-refractivity contribution in [2.75, 3.05) is 17.7 Å². The van der Waals surface area contributed by atoms with Gasteiger partial charge in [-0.25, -0.2) is 0 Å². The summed E-state index contributed by atoms with van der Waals surface area (Å²) in [5.74, 6) is 0.762. The van der Waals surface area contributed by atoms with Crippen LogP contribution in [-0.2, 0) is 4.79 Å². The van der Waals surface area contributed by atoms with Crippen LogP contribution in [0.4, 0.5) is 5.69 Å². The number of anilines is 1. The summed E-state index contributed by atoms with van der Waals surface area (Å²) >= 11 is 13.3. The number of ether oxygens (including phenoxy) is 1. The quantitative estimate of drug-likeness (QED) is 0.730. The minimum Gasteiger partial charge on any atom is -0.492 e. The van der Waals surface area contributed by atoms with Crippen LogP contribution >= 0.6 is 35.0 Å². The highest BCUT2D eigenvalue weighted by molar-refractivity contribution is 8.00. The SMILES string of the molecule is CCOc1ccccc1NC(=O)CSc1cc(Cl)ccc1Cl. The molecule has 2 aromatic rings. The lowest BCUT2D eigenvalue weighted by molar-refractivity contribution is -0.113. The smallest absolute Gasteiger partial charge is 0.234 e. The highest BCUT2D eigenvalue weighted by Crippen LogP contribution is 2.30. The first-order valence-corrected chi connectivity index (χ1v) is 8.44. The molecule has 22 heavy (non-hydrogen) atoms. The molecule has 1 N–H and O–H groups in total. The monoisotopic (exact) mass is 355 g/mol. The van der Waals surface area contributed by atoms with E-state index in [9.17, 15) is 4.79 Å². The summed E-state index contributed by atoms with van der Waals surface area (Å²) in [6.07, 6.45) is 0. The van der Waals surface area contributed by atoms with Crippen LogP contribution in [0.2, 0.25) is 10.0 Å². The molecule has 0 aliphatic carbocycles. The van der Waals surface area contributed by atoms with E-state index in [1.165, 1.54) is 11.8 Å². The molecule has 0 saturated heterocycles. The molecule has 0 unspecified atom stereocenters. The molecule has 0 spiro atoms. The highest BCUT2D eigenvalue weighted by atomic mass is 35.5. The normalized spacial score (nSPS) is 10.3. The van der Waals surface area contributed by atoms with Crippen molar-refractivity contribution in [3.05, 3.63) is 52.5 Å². The van der Waals surface area contributed by atoms with Crippen LogP contribution in [0.25, 0.3) is 0 Å². The number of rotatable bonds is 6. The molecule has 0 aromatic heterocycles. The predicted molar refractivity (Wildman–Crippen MR) is 93.4 cm³/mol. The molecular formula is C16H15Cl2NO2S. The molecule has 0 heterocycles.